The largest absolute Gasteiger partial charge is 0.336 e. The van der Waals surface area contributed by atoms with Crippen molar-refractivity contribution in [2.45, 2.75) is 6.04 Å². The number of carbonyl (C=O) groups is 1. The monoisotopic (exact) mass is 339 g/mol. The molecule has 0 saturated carbocycles. The molecule has 0 spiro atoms. The highest BCUT2D eigenvalue weighted by Crippen LogP contribution is 2.24. The summed E-state index contributed by atoms with van der Waals surface area (Å²) < 4.78 is 15.4. The Hall–Kier alpha value is -2.80. The van der Waals surface area contributed by atoms with Gasteiger partial charge in [0.25, 0.3) is 5.91 Å². The summed E-state index contributed by atoms with van der Waals surface area (Å²) in [6.45, 7) is 1.95. The van der Waals surface area contributed by atoms with E-state index in [9.17, 15) is 9.18 Å². The Balaban J connectivity index is 1.69. The van der Waals surface area contributed by atoms with Crippen molar-refractivity contribution in [1.82, 2.24) is 24.8 Å². The van der Waals surface area contributed by atoms with Crippen LogP contribution >= 0.6 is 0 Å². The molecule has 1 saturated heterocycles. The third-order valence-corrected chi connectivity index (χ3v) is 4.55. The van der Waals surface area contributed by atoms with Crippen LogP contribution < -0.4 is 5.32 Å². The molecule has 3 heterocycles. The summed E-state index contributed by atoms with van der Waals surface area (Å²) in [6, 6.07) is 5.92. The Morgan fingerprint density at radius 3 is 3.00 bits per heavy atom. The Kier molecular flexibility index (Phi) is 3.93. The number of nitrogens with zero attached hydrogens (tertiary/aromatic N) is 4. The summed E-state index contributed by atoms with van der Waals surface area (Å²) in [5, 5.41) is 3.93. The SMILES string of the molecule is Cn1ccnc1C1CNCCN1C(=O)c1cnc2ccc(F)cc2c1. The number of carbonyl (C=O) groups excluding carboxylic acids is 1. The van der Waals surface area contributed by atoms with Gasteiger partial charge in [0, 0.05) is 50.7 Å². The highest BCUT2D eigenvalue weighted by atomic mass is 19.1. The van der Waals surface area contributed by atoms with Gasteiger partial charge in [-0.1, -0.05) is 0 Å². The molecular formula is C18H18FN5O. The minimum absolute atomic E-state index is 0.117. The number of halogens is 1. The number of nitrogens with one attached hydrogen (secondary N) is 1. The second-order valence-corrected chi connectivity index (χ2v) is 6.18. The van der Waals surface area contributed by atoms with Crippen LogP contribution in [0.1, 0.15) is 22.2 Å². The van der Waals surface area contributed by atoms with Gasteiger partial charge in [0.1, 0.15) is 17.7 Å². The predicted octanol–water partition coefficient (Wildman–Crippen LogP) is 1.89. The first-order valence-corrected chi connectivity index (χ1v) is 8.18. The summed E-state index contributed by atoms with van der Waals surface area (Å²) >= 11 is 0. The van der Waals surface area contributed by atoms with Crippen molar-refractivity contribution >= 4 is 16.8 Å². The zero-order valence-electron chi connectivity index (χ0n) is 13.8. The molecule has 25 heavy (non-hydrogen) atoms. The zero-order chi connectivity index (χ0) is 17.4. The lowest BCUT2D eigenvalue weighted by atomic mass is 10.1. The molecule has 4 rings (SSSR count). The topological polar surface area (TPSA) is 63.1 Å². The second kappa shape index (κ2) is 6.25. The number of hydrogen-bond acceptors (Lipinski definition) is 4. The van der Waals surface area contributed by atoms with Crippen LogP contribution in [0.2, 0.25) is 0 Å². The van der Waals surface area contributed by atoms with Crippen molar-refractivity contribution < 1.29 is 9.18 Å². The highest BCUT2D eigenvalue weighted by Gasteiger charge is 2.31. The normalized spacial score (nSPS) is 17.8. The molecule has 0 bridgehead atoms. The molecule has 1 unspecified atom stereocenters. The van der Waals surface area contributed by atoms with Crippen LogP contribution in [-0.2, 0) is 7.05 Å². The van der Waals surface area contributed by atoms with E-state index >= 15 is 0 Å². The molecule has 1 fully saturated rings. The average Bonchev–Trinajstić information content (AvgIpc) is 3.06. The van der Waals surface area contributed by atoms with E-state index in [1.165, 1.54) is 12.1 Å². The van der Waals surface area contributed by atoms with Gasteiger partial charge >= 0.3 is 0 Å². The predicted molar refractivity (Wildman–Crippen MR) is 91.6 cm³/mol. The maximum atomic E-state index is 13.5. The molecule has 6 nitrogen and oxygen atoms in total. The van der Waals surface area contributed by atoms with Gasteiger partial charge in [0.2, 0.25) is 0 Å². The maximum Gasteiger partial charge on any atom is 0.256 e. The Bertz CT molecular complexity index is 938. The molecule has 2 aromatic heterocycles. The Morgan fingerprint density at radius 2 is 2.20 bits per heavy atom. The van der Waals surface area contributed by atoms with E-state index in [1.807, 2.05) is 17.8 Å². The van der Waals surface area contributed by atoms with E-state index < -0.39 is 0 Å². The first kappa shape index (κ1) is 15.7. The molecule has 7 heteroatoms. The Labute approximate surface area is 144 Å². The minimum Gasteiger partial charge on any atom is -0.336 e. The van der Waals surface area contributed by atoms with Crippen molar-refractivity contribution in [3.63, 3.8) is 0 Å². The van der Waals surface area contributed by atoms with Crippen molar-refractivity contribution in [3.8, 4) is 0 Å². The zero-order valence-corrected chi connectivity index (χ0v) is 13.8. The quantitative estimate of drug-likeness (QED) is 0.774. The molecule has 1 atom stereocenters. The van der Waals surface area contributed by atoms with E-state index in [2.05, 4.69) is 15.3 Å². The van der Waals surface area contributed by atoms with Gasteiger partial charge < -0.3 is 14.8 Å². The number of benzene rings is 1. The third kappa shape index (κ3) is 2.87. The lowest BCUT2D eigenvalue weighted by molar-refractivity contribution is 0.0620. The van der Waals surface area contributed by atoms with E-state index in [0.717, 1.165) is 12.4 Å². The molecule has 3 aromatic rings. The molecule has 0 aliphatic carbocycles. The molecular weight excluding hydrogens is 321 g/mol. The number of piperazine rings is 1. The van der Waals surface area contributed by atoms with Crippen molar-refractivity contribution in [1.29, 1.82) is 0 Å². The van der Waals surface area contributed by atoms with Crippen molar-refractivity contribution in [3.05, 3.63) is 60.1 Å². The number of amides is 1. The fourth-order valence-electron chi connectivity index (χ4n) is 3.26. The number of fused-ring (bicyclic) bond motifs is 1. The van der Waals surface area contributed by atoms with Crippen LogP contribution in [0.4, 0.5) is 4.39 Å². The van der Waals surface area contributed by atoms with Crippen molar-refractivity contribution in [2.24, 2.45) is 7.05 Å². The average molecular weight is 339 g/mol. The number of imidazole rings is 1. The fraction of sp³-hybridized carbons (Fsp3) is 0.278. The van der Waals surface area contributed by atoms with Gasteiger partial charge in [-0.15, -0.1) is 0 Å². The molecule has 1 amide bonds. The lowest BCUT2D eigenvalue weighted by Crippen LogP contribution is -2.49. The van der Waals surface area contributed by atoms with Crippen LogP contribution in [0.15, 0.2) is 42.9 Å². The number of pyridine rings is 1. The fourth-order valence-corrected chi connectivity index (χ4v) is 3.26. The first-order chi connectivity index (χ1) is 12.1. The van der Waals surface area contributed by atoms with Crippen LogP contribution in [0.5, 0.6) is 0 Å². The van der Waals surface area contributed by atoms with E-state index in [4.69, 9.17) is 0 Å². The summed E-state index contributed by atoms with van der Waals surface area (Å²) in [5.41, 5.74) is 1.12. The molecule has 128 valence electrons. The van der Waals surface area contributed by atoms with E-state index in [-0.39, 0.29) is 17.8 Å². The van der Waals surface area contributed by atoms with Crippen LogP contribution in [0.25, 0.3) is 10.9 Å². The van der Waals surface area contributed by atoms with E-state index in [1.54, 1.807) is 29.4 Å². The third-order valence-electron chi connectivity index (χ3n) is 4.55. The van der Waals surface area contributed by atoms with Gasteiger partial charge in [-0.05, 0) is 24.3 Å². The molecule has 1 aliphatic rings. The van der Waals surface area contributed by atoms with Crippen LogP contribution in [0.3, 0.4) is 0 Å². The number of aryl methyl sites for hydroxylation is 1. The maximum absolute atomic E-state index is 13.5. The summed E-state index contributed by atoms with van der Waals surface area (Å²) in [4.78, 5) is 23.6. The molecule has 0 radical (unpaired) electrons. The van der Waals surface area contributed by atoms with Crippen LogP contribution in [-0.4, -0.2) is 45.0 Å². The van der Waals surface area contributed by atoms with E-state index in [0.29, 0.717) is 29.6 Å². The smallest absolute Gasteiger partial charge is 0.256 e. The standard InChI is InChI=1S/C18H18FN5O/c1-23-6-5-21-17(23)16-11-20-4-7-24(16)18(25)13-8-12-9-14(19)2-3-15(12)22-10-13/h2-3,5-6,8-10,16,20H,4,7,11H2,1H3. The number of hydrogen-bond donors (Lipinski definition) is 1. The first-order valence-electron chi connectivity index (χ1n) is 8.18. The minimum atomic E-state index is -0.341. The van der Waals surface area contributed by atoms with Gasteiger partial charge in [0.15, 0.2) is 0 Å². The van der Waals surface area contributed by atoms with Gasteiger partial charge in [-0.3, -0.25) is 9.78 Å². The van der Waals surface area contributed by atoms with Crippen LogP contribution in [0, 0.1) is 5.82 Å². The van der Waals surface area contributed by atoms with Gasteiger partial charge in [-0.25, -0.2) is 9.37 Å². The second-order valence-electron chi connectivity index (χ2n) is 6.18. The summed E-state index contributed by atoms with van der Waals surface area (Å²) in [5.74, 6) is 0.375. The number of rotatable bonds is 2. The lowest BCUT2D eigenvalue weighted by Gasteiger charge is -2.35. The van der Waals surface area contributed by atoms with Gasteiger partial charge in [0.05, 0.1) is 11.1 Å². The van der Waals surface area contributed by atoms with Gasteiger partial charge in [-0.2, -0.15) is 0 Å². The molecule has 1 aliphatic heterocycles. The Morgan fingerprint density at radius 1 is 1.32 bits per heavy atom. The molecule has 1 aromatic carbocycles. The number of aromatic nitrogens is 3. The van der Waals surface area contributed by atoms with Crippen molar-refractivity contribution in [2.75, 3.05) is 19.6 Å². The molecule has 1 N–H and O–H groups in total. The summed E-state index contributed by atoms with van der Waals surface area (Å²) in [6.07, 6.45) is 5.15. The highest BCUT2D eigenvalue weighted by molar-refractivity contribution is 5.97. The summed E-state index contributed by atoms with van der Waals surface area (Å²) in [7, 11) is 1.92.